The van der Waals surface area contributed by atoms with Crippen LogP contribution in [0.2, 0.25) is 5.02 Å². The molecule has 0 aliphatic carbocycles. The minimum Gasteiger partial charge on any atom is -0.445 e. The minimum atomic E-state index is -1.17. The van der Waals surface area contributed by atoms with Crippen molar-refractivity contribution in [2.45, 2.75) is 32.4 Å². The minimum absolute atomic E-state index is 0.00588. The van der Waals surface area contributed by atoms with Crippen molar-refractivity contribution in [3.05, 3.63) is 111 Å². The van der Waals surface area contributed by atoms with Gasteiger partial charge in [-0.1, -0.05) is 85.6 Å². The zero-order chi connectivity index (χ0) is 25.5. The Morgan fingerprint density at radius 3 is 2.39 bits per heavy atom. The summed E-state index contributed by atoms with van der Waals surface area (Å²) in [6.07, 6.45) is 0.713. The first kappa shape index (κ1) is 25.0. The third kappa shape index (κ3) is 6.12. The van der Waals surface area contributed by atoms with Gasteiger partial charge >= 0.3 is 17.7 Å². The highest BCUT2D eigenvalue weighted by Gasteiger charge is 2.26. The van der Waals surface area contributed by atoms with E-state index < -0.39 is 23.7 Å². The third-order valence-electron chi connectivity index (χ3n) is 5.46. The second-order valence-corrected chi connectivity index (χ2v) is 8.50. The molecule has 0 radical (unpaired) electrons. The van der Waals surface area contributed by atoms with Gasteiger partial charge in [0.25, 0.3) is 0 Å². The molecule has 3 aromatic carbocycles. The third-order valence-corrected chi connectivity index (χ3v) is 5.75. The number of benzene rings is 3. The van der Waals surface area contributed by atoms with E-state index in [1.807, 2.05) is 37.3 Å². The summed E-state index contributed by atoms with van der Waals surface area (Å²) in [6.45, 7) is 2.04. The van der Waals surface area contributed by atoms with Crippen LogP contribution < -0.4 is 15.7 Å². The van der Waals surface area contributed by atoms with Gasteiger partial charge in [-0.2, -0.15) is 0 Å². The molecule has 1 amide bonds. The zero-order valence-electron chi connectivity index (χ0n) is 19.5. The van der Waals surface area contributed by atoms with E-state index in [1.165, 1.54) is 12.1 Å². The fourth-order valence-electron chi connectivity index (χ4n) is 3.76. The van der Waals surface area contributed by atoms with Crippen molar-refractivity contribution >= 4 is 34.6 Å². The van der Waals surface area contributed by atoms with Gasteiger partial charge in [0.15, 0.2) is 11.8 Å². The van der Waals surface area contributed by atoms with Crippen LogP contribution in [0, 0.1) is 0 Å². The van der Waals surface area contributed by atoms with Crippen molar-refractivity contribution in [3.63, 3.8) is 0 Å². The number of rotatable bonds is 8. The lowest BCUT2D eigenvalue weighted by molar-refractivity contribution is -0.136. The second-order valence-electron chi connectivity index (χ2n) is 8.09. The summed E-state index contributed by atoms with van der Waals surface area (Å²) < 4.78 is 16.2. The summed E-state index contributed by atoms with van der Waals surface area (Å²) in [4.78, 5) is 37.7. The molecule has 1 aromatic heterocycles. The Balaban J connectivity index is 1.57. The maximum absolute atomic E-state index is 13.2. The van der Waals surface area contributed by atoms with Crippen molar-refractivity contribution < 1.29 is 23.5 Å². The highest BCUT2D eigenvalue weighted by Crippen LogP contribution is 2.32. The largest absolute Gasteiger partial charge is 0.445 e. The summed E-state index contributed by atoms with van der Waals surface area (Å²) in [5.41, 5.74) is 1.85. The lowest BCUT2D eigenvalue weighted by atomic mass is 10.1. The van der Waals surface area contributed by atoms with E-state index in [0.717, 1.165) is 17.5 Å². The fraction of sp³-hybridized carbons (Fsp3) is 0.179. The highest BCUT2D eigenvalue weighted by atomic mass is 35.5. The number of carbonyl (C=O) groups excluding carboxylic acids is 2. The maximum Gasteiger partial charge on any atom is 0.408 e. The fourth-order valence-corrected chi connectivity index (χ4v) is 3.96. The van der Waals surface area contributed by atoms with Crippen LogP contribution >= 0.6 is 11.6 Å². The normalized spacial score (nSPS) is 11.6. The van der Waals surface area contributed by atoms with Gasteiger partial charge in [-0.3, -0.25) is 0 Å². The Bertz CT molecular complexity index is 1420. The lowest BCUT2D eigenvalue weighted by Crippen LogP contribution is -2.36. The number of carbonyl (C=O) groups is 2. The van der Waals surface area contributed by atoms with Gasteiger partial charge in [0.2, 0.25) is 0 Å². The van der Waals surface area contributed by atoms with E-state index in [2.05, 4.69) is 5.32 Å². The first-order valence-electron chi connectivity index (χ1n) is 11.4. The molecule has 184 valence electrons. The molecule has 8 heteroatoms. The Morgan fingerprint density at radius 1 is 1.00 bits per heavy atom. The van der Waals surface area contributed by atoms with Crippen LogP contribution in [0.4, 0.5) is 4.79 Å². The van der Waals surface area contributed by atoms with Crippen molar-refractivity contribution in [3.8, 4) is 5.75 Å². The van der Waals surface area contributed by atoms with E-state index in [0.29, 0.717) is 17.4 Å². The lowest BCUT2D eigenvalue weighted by Gasteiger charge is -2.18. The molecule has 4 aromatic rings. The molecule has 1 atom stereocenters. The monoisotopic (exact) mass is 505 g/mol. The van der Waals surface area contributed by atoms with Gasteiger partial charge < -0.3 is 19.2 Å². The Morgan fingerprint density at radius 2 is 1.69 bits per heavy atom. The zero-order valence-corrected chi connectivity index (χ0v) is 20.3. The van der Waals surface area contributed by atoms with Crippen molar-refractivity contribution in [2.75, 3.05) is 0 Å². The van der Waals surface area contributed by atoms with Crippen LogP contribution in [0.1, 0.15) is 36.1 Å². The van der Waals surface area contributed by atoms with E-state index in [9.17, 15) is 14.4 Å². The van der Waals surface area contributed by atoms with Crippen molar-refractivity contribution in [2.24, 2.45) is 0 Å². The molecule has 0 spiro atoms. The van der Waals surface area contributed by atoms with Crippen LogP contribution in [-0.2, 0) is 22.6 Å². The molecular formula is C28H24ClNO6. The van der Waals surface area contributed by atoms with Crippen LogP contribution in [-0.4, -0.2) is 12.1 Å². The summed E-state index contributed by atoms with van der Waals surface area (Å²) in [7, 11) is 0. The number of nitrogens with one attached hydrogen (secondary N) is 1. The predicted molar refractivity (Wildman–Crippen MR) is 136 cm³/mol. The SMILES string of the molecule is CCCc1cc(=O)oc2cc(OC(=O)[C@H](NC(=O)OCc3ccccc3)c3ccccc3)c(Cl)cc12. The summed E-state index contributed by atoms with van der Waals surface area (Å²) in [6, 6.07) is 21.1. The van der Waals surface area contributed by atoms with E-state index in [-0.39, 0.29) is 23.0 Å². The van der Waals surface area contributed by atoms with Gasteiger partial charge in [-0.25, -0.2) is 14.4 Å². The molecule has 7 nitrogen and oxygen atoms in total. The molecule has 0 fully saturated rings. The summed E-state index contributed by atoms with van der Waals surface area (Å²) >= 11 is 6.42. The van der Waals surface area contributed by atoms with Crippen LogP contribution in [0.5, 0.6) is 5.75 Å². The average molecular weight is 506 g/mol. The quantitative estimate of drug-likeness (QED) is 0.180. The topological polar surface area (TPSA) is 94.8 Å². The predicted octanol–water partition coefficient (Wildman–Crippen LogP) is 5.97. The molecule has 0 saturated carbocycles. The number of esters is 1. The van der Waals surface area contributed by atoms with Gasteiger partial charge in [0, 0.05) is 17.5 Å². The number of halogens is 1. The molecule has 0 aliphatic heterocycles. The van der Waals surface area contributed by atoms with Crippen LogP contribution in [0.3, 0.4) is 0 Å². The van der Waals surface area contributed by atoms with E-state index >= 15 is 0 Å². The Kier molecular flexibility index (Phi) is 8.02. The number of ether oxygens (including phenoxy) is 2. The summed E-state index contributed by atoms with van der Waals surface area (Å²) in [5.74, 6) is -0.780. The van der Waals surface area contributed by atoms with Crippen LogP contribution in [0.25, 0.3) is 11.0 Å². The van der Waals surface area contributed by atoms with E-state index in [1.54, 1.807) is 36.4 Å². The second kappa shape index (κ2) is 11.6. The van der Waals surface area contributed by atoms with Gasteiger partial charge in [0.05, 0.1) is 5.02 Å². The van der Waals surface area contributed by atoms with Crippen molar-refractivity contribution in [1.82, 2.24) is 5.32 Å². The van der Waals surface area contributed by atoms with Gasteiger partial charge in [-0.05, 0) is 29.2 Å². The Hall–Kier alpha value is -4.10. The van der Waals surface area contributed by atoms with Crippen LogP contribution in [0.15, 0.2) is 88.1 Å². The van der Waals surface area contributed by atoms with Gasteiger partial charge in [0.1, 0.15) is 12.2 Å². The Labute approximate surface area is 212 Å². The first-order chi connectivity index (χ1) is 17.4. The van der Waals surface area contributed by atoms with Crippen molar-refractivity contribution in [1.29, 1.82) is 0 Å². The van der Waals surface area contributed by atoms with E-state index in [4.69, 9.17) is 25.5 Å². The molecular weight excluding hydrogens is 482 g/mol. The smallest absolute Gasteiger partial charge is 0.408 e. The maximum atomic E-state index is 13.2. The standard InChI is InChI=1S/C28H24ClNO6/c1-2-9-20-14-25(31)35-23-16-24(22(29)15-21(20)23)36-27(32)26(19-12-7-4-8-13-19)30-28(33)34-17-18-10-5-3-6-11-18/h3-8,10-16,26H,2,9,17H2,1H3,(H,30,33)/t26-/m1/s1. The molecule has 0 unspecified atom stereocenters. The first-order valence-corrected chi connectivity index (χ1v) is 11.8. The number of alkyl carbamates (subject to hydrolysis) is 1. The number of amides is 1. The number of fused-ring (bicyclic) bond motifs is 1. The molecule has 0 bridgehead atoms. The molecule has 0 saturated heterocycles. The highest BCUT2D eigenvalue weighted by molar-refractivity contribution is 6.33. The molecule has 1 N–H and O–H groups in total. The molecule has 0 aliphatic rings. The summed E-state index contributed by atoms with van der Waals surface area (Å²) in [5, 5.41) is 3.40. The molecule has 1 heterocycles. The number of aryl methyl sites for hydroxylation is 1. The molecule has 36 heavy (non-hydrogen) atoms. The number of hydrogen-bond donors (Lipinski definition) is 1. The molecule has 4 rings (SSSR count). The van der Waals surface area contributed by atoms with Gasteiger partial charge in [-0.15, -0.1) is 0 Å². The average Bonchev–Trinajstić information content (AvgIpc) is 2.88. The number of hydrogen-bond acceptors (Lipinski definition) is 6.